The minimum atomic E-state index is -3.96. The Kier molecular flexibility index (Phi) is 6.86. The molecule has 3 aromatic rings. The van der Waals surface area contributed by atoms with Gasteiger partial charge < -0.3 is 9.64 Å². The van der Waals surface area contributed by atoms with Crippen LogP contribution in [0.3, 0.4) is 0 Å². The number of carbonyl (C=O) groups excluding carboxylic acids is 3. The van der Waals surface area contributed by atoms with Crippen molar-refractivity contribution < 1.29 is 31.9 Å². The highest BCUT2D eigenvalue weighted by Crippen LogP contribution is 2.29. The van der Waals surface area contributed by atoms with E-state index in [-0.39, 0.29) is 29.1 Å². The predicted octanol–water partition coefficient (Wildman–Crippen LogP) is 2.46. The lowest BCUT2D eigenvalue weighted by Gasteiger charge is -2.28. The number of halogens is 1. The van der Waals surface area contributed by atoms with E-state index < -0.39 is 39.6 Å². The fourth-order valence-electron chi connectivity index (χ4n) is 3.93. The van der Waals surface area contributed by atoms with Gasteiger partial charge in [-0.1, -0.05) is 12.1 Å². The maximum atomic E-state index is 13.5. The normalized spacial score (nSPS) is 15.8. The molecule has 1 atom stereocenters. The third-order valence-electron chi connectivity index (χ3n) is 5.79. The van der Waals surface area contributed by atoms with Gasteiger partial charge in [0, 0.05) is 12.1 Å². The molecule has 1 heterocycles. The van der Waals surface area contributed by atoms with Crippen molar-refractivity contribution in [2.24, 2.45) is 5.14 Å². The number of nitrogens with zero attached hydrogens (tertiary/aromatic N) is 2. The molecule has 36 heavy (non-hydrogen) atoms. The number of carbonyl (C=O) groups is 3. The smallest absolute Gasteiger partial charge is 0.257 e. The molecule has 0 saturated carbocycles. The lowest BCUT2D eigenvalue weighted by Crippen LogP contribution is -2.45. The van der Waals surface area contributed by atoms with Crippen LogP contribution in [0, 0.1) is 5.82 Å². The van der Waals surface area contributed by atoms with Crippen LogP contribution in [0.15, 0.2) is 77.7 Å². The number of ether oxygens (including phenoxy) is 1. The lowest BCUT2D eigenvalue weighted by molar-refractivity contribution is -0.122. The Labute approximate surface area is 206 Å². The third-order valence-corrected chi connectivity index (χ3v) is 6.72. The van der Waals surface area contributed by atoms with Crippen molar-refractivity contribution in [3.63, 3.8) is 0 Å². The van der Waals surface area contributed by atoms with Crippen LogP contribution in [0.5, 0.6) is 5.75 Å². The number of methoxy groups -OCH3 is 1. The molecule has 3 aromatic carbocycles. The Balaban J connectivity index is 1.67. The second-order valence-corrected chi connectivity index (χ2v) is 9.68. The van der Waals surface area contributed by atoms with Crippen molar-refractivity contribution in [1.29, 1.82) is 0 Å². The monoisotopic (exact) mass is 511 g/mol. The maximum absolute atomic E-state index is 13.5. The summed E-state index contributed by atoms with van der Waals surface area (Å²) in [6.07, 6.45) is -0.279. The van der Waals surface area contributed by atoms with Gasteiger partial charge in [0.2, 0.25) is 15.9 Å². The summed E-state index contributed by atoms with van der Waals surface area (Å²) in [5, 5.41) is 5.12. The molecule has 186 valence electrons. The first kappa shape index (κ1) is 25.0. The van der Waals surface area contributed by atoms with Crippen LogP contribution in [0.2, 0.25) is 0 Å². The molecular weight excluding hydrogens is 489 g/mol. The van der Waals surface area contributed by atoms with Crippen LogP contribution in [-0.2, 0) is 26.2 Å². The van der Waals surface area contributed by atoms with Gasteiger partial charge in [-0.05, 0) is 66.2 Å². The zero-order valence-corrected chi connectivity index (χ0v) is 19.9. The zero-order chi connectivity index (χ0) is 26.0. The van der Waals surface area contributed by atoms with Crippen LogP contribution >= 0.6 is 0 Å². The number of primary sulfonamides is 1. The highest BCUT2D eigenvalue weighted by Gasteiger charge is 2.44. The van der Waals surface area contributed by atoms with Gasteiger partial charge in [-0.15, -0.1) is 0 Å². The number of anilines is 1. The van der Waals surface area contributed by atoms with Crippen molar-refractivity contribution in [2.45, 2.75) is 23.9 Å². The zero-order valence-electron chi connectivity index (χ0n) is 19.1. The molecule has 0 radical (unpaired) electrons. The van der Waals surface area contributed by atoms with E-state index in [0.29, 0.717) is 11.3 Å². The molecule has 1 saturated heterocycles. The van der Waals surface area contributed by atoms with Crippen LogP contribution in [-0.4, -0.2) is 44.2 Å². The number of benzene rings is 3. The highest BCUT2D eigenvalue weighted by atomic mass is 32.2. The van der Waals surface area contributed by atoms with Gasteiger partial charge in [-0.25, -0.2) is 22.8 Å². The quantitative estimate of drug-likeness (QED) is 0.486. The summed E-state index contributed by atoms with van der Waals surface area (Å²) in [7, 11) is -2.47. The van der Waals surface area contributed by atoms with Gasteiger partial charge in [-0.2, -0.15) is 0 Å². The molecule has 3 amide bonds. The maximum Gasteiger partial charge on any atom is 0.257 e. The van der Waals surface area contributed by atoms with E-state index in [4.69, 9.17) is 9.88 Å². The summed E-state index contributed by atoms with van der Waals surface area (Å²) in [5.74, 6) is -1.61. The number of hydrogen-bond donors (Lipinski definition) is 1. The number of sulfonamides is 1. The van der Waals surface area contributed by atoms with E-state index in [9.17, 15) is 27.2 Å². The van der Waals surface area contributed by atoms with Crippen molar-refractivity contribution >= 4 is 33.4 Å². The Hall–Kier alpha value is -4.09. The van der Waals surface area contributed by atoms with E-state index in [1.165, 1.54) is 60.5 Å². The summed E-state index contributed by atoms with van der Waals surface area (Å²) in [6, 6.07) is 15.6. The standard InChI is InChI=1S/C25H22FN3O6S/c1-35-20-10-4-17(5-11-20)24(31)28(15-16-2-6-18(26)7-3-16)22-14-23(30)29(25(22)32)19-8-12-21(13-9-19)36(27,33)34/h2-13,22H,14-15H2,1H3,(H2,27,33,34). The predicted molar refractivity (Wildman–Crippen MR) is 128 cm³/mol. The lowest BCUT2D eigenvalue weighted by atomic mass is 10.1. The van der Waals surface area contributed by atoms with E-state index in [1.807, 2.05) is 0 Å². The van der Waals surface area contributed by atoms with E-state index in [2.05, 4.69) is 0 Å². The molecule has 0 aromatic heterocycles. The first-order valence-electron chi connectivity index (χ1n) is 10.8. The molecule has 1 fully saturated rings. The second-order valence-electron chi connectivity index (χ2n) is 8.11. The Morgan fingerprint density at radius 2 is 1.64 bits per heavy atom. The van der Waals surface area contributed by atoms with Crippen LogP contribution in [0.4, 0.5) is 10.1 Å². The first-order chi connectivity index (χ1) is 17.1. The number of nitrogens with two attached hydrogens (primary N) is 1. The fourth-order valence-corrected chi connectivity index (χ4v) is 4.44. The summed E-state index contributed by atoms with van der Waals surface area (Å²) < 4.78 is 41.6. The minimum Gasteiger partial charge on any atom is -0.497 e. The topological polar surface area (TPSA) is 127 Å². The van der Waals surface area contributed by atoms with Gasteiger partial charge in [0.1, 0.15) is 17.6 Å². The van der Waals surface area contributed by atoms with Crippen LogP contribution < -0.4 is 14.8 Å². The summed E-state index contributed by atoms with van der Waals surface area (Å²) in [6.45, 7) is -0.0486. The molecule has 2 N–H and O–H groups in total. The van der Waals surface area contributed by atoms with Gasteiger partial charge in [0.25, 0.3) is 11.8 Å². The number of imide groups is 1. The van der Waals surface area contributed by atoms with E-state index in [0.717, 1.165) is 4.90 Å². The van der Waals surface area contributed by atoms with E-state index in [1.54, 1.807) is 24.3 Å². The van der Waals surface area contributed by atoms with Crippen molar-refractivity contribution in [2.75, 3.05) is 12.0 Å². The van der Waals surface area contributed by atoms with Gasteiger partial charge >= 0.3 is 0 Å². The molecule has 0 aliphatic carbocycles. The second kappa shape index (κ2) is 9.88. The van der Waals surface area contributed by atoms with Crippen molar-refractivity contribution in [1.82, 2.24) is 4.90 Å². The molecule has 0 spiro atoms. The Morgan fingerprint density at radius 3 is 2.19 bits per heavy atom. The van der Waals surface area contributed by atoms with Gasteiger partial charge in [-0.3, -0.25) is 14.4 Å². The number of hydrogen-bond acceptors (Lipinski definition) is 6. The molecular formula is C25H22FN3O6S. The average Bonchev–Trinajstić information content (AvgIpc) is 3.16. The highest BCUT2D eigenvalue weighted by molar-refractivity contribution is 7.89. The molecule has 11 heteroatoms. The minimum absolute atomic E-state index is 0.0486. The van der Waals surface area contributed by atoms with E-state index >= 15 is 0 Å². The molecule has 1 aliphatic heterocycles. The molecule has 0 bridgehead atoms. The Morgan fingerprint density at radius 1 is 1.03 bits per heavy atom. The van der Waals surface area contributed by atoms with Gasteiger partial charge in [0.05, 0.1) is 24.1 Å². The first-order valence-corrected chi connectivity index (χ1v) is 12.3. The van der Waals surface area contributed by atoms with Crippen LogP contribution in [0.25, 0.3) is 0 Å². The number of rotatable bonds is 7. The van der Waals surface area contributed by atoms with Crippen LogP contribution in [0.1, 0.15) is 22.3 Å². The average molecular weight is 512 g/mol. The molecule has 1 aliphatic rings. The number of amides is 3. The largest absolute Gasteiger partial charge is 0.497 e. The third kappa shape index (κ3) is 5.11. The fraction of sp³-hybridized carbons (Fsp3) is 0.160. The molecule has 9 nitrogen and oxygen atoms in total. The summed E-state index contributed by atoms with van der Waals surface area (Å²) in [5.41, 5.74) is 0.988. The summed E-state index contributed by atoms with van der Waals surface area (Å²) >= 11 is 0. The van der Waals surface area contributed by atoms with Crippen molar-refractivity contribution in [3.8, 4) is 5.75 Å². The summed E-state index contributed by atoms with van der Waals surface area (Å²) in [4.78, 5) is 41.8. The molecule has 1 unspecified atom stereocenters. The van der Waals surface area contributed by atoms with Gasteiger partial charge in [0.15, 0.2) is 0 Å². The van der Waals surface area contributed by atoms with Crippen molar-refractivity contribution in [3.05, 3.63) is 89.7 Å². The Bertz CT molecular complexity index is 1410. The molecule has 4 rings (SSSR count). The SMILES string of the molecule is COc1ccc(C(=O)N(Cc2ccc(F)cc2)C2CC(=O)N(c3ccc(S(N)(=O)=O)cc3)C2=O)cc1.